The quantitative estimate of drug-likeness (QED) is 0.811. The van der Waals surface area contributed by atoms with Gasteiger partial charge in [0, 0.05) is 13.0 Å². The maximum absolute atomic E-state index is 12.3. The molecule has 4 nitrogen and oxygen atoms in total. The van der Waals surface area contributed by atoms with Crippen LogP contribution in [0.1, 0.15) is 38.5 Å². The van der Waals surface area contributed by atoms with Gasteiger partial charge in [0.25, 0.3) is 0 Å². The second-order valence-electron chi connectivity index (χ2n) is 5.30. The monoisotopic (exact) mass is 251 g/mol. The summed E-state index contributed by atoms with van der Waals surface area (Å²) in [6.07, 6.45) is 7.52. The molecule has 0 aliphatic heterocycles. The van der Waals surface area contributed by atoms with E-state index in [-0.39, 0.29) is 11.8 Å². The molecule has 2 fully saturated rings. The maximum Gasteiger partial charge on any atom is 0.232 e. The van der Waals surface area contributed by atoms with Gasteiger partial charge in [-0.3, -0.25) is 9.69 Å². The van der Waals surface area contributed by atoms with Gasteiger partial charge in [0.1, 0.15) is 5.51 Å². The largest absolute Gasteiger partial charge is 0.290 e. The van der Waals surface area contributed by atoms with Crippen LogP contribution in [0.2, 0.25) is 0 Å². The average molecular weight is 251 g/mol. The molecule has 17 heavy (non-hydrogen) atoms. The van der Waals surface area contributed by atoms with Crippen molar-refractivity contribution in [1.82, 2.24) is 10.2 Å². The first-order valence-corrected chi connectivity index (χ1v) is 7.15. The number of carbonyl (C=O) groups is 1. The lowest BCUT2D eigenvalue weighted by Crippen LogP contribution is -2.30. The summed E-state index contributed by atoms with van der Waals surface area (Å²) in [6.45, 7) is 0. The Balaban J connectivity index is 1.68. The van der Waals surface area contributed by atoms with Crippen LogP contribution in [-0.4, -0.2) is 23.2 Å². The molecule has 0 radical (unpaired) electrons. The van der Waals surface area contributed by atoms with Crippen molar-refractivity contribution < 1.29 is 4.79 Å². The molecule has 1 aromatic heterocycles. The molecule has 1 aromatic rings. The van der Waals surface area contributed by atoms with Crippen molar-refractivity contribution in [3.8, 4) is 0 Å². The van der Waals surface area contributed by atoms with Gasteiger partial charge in [0.2, 0.25) is 11.0 Å². The number of aromatic nitrogens is 2. The Morgan fingerprint density at radius 2 is 2.24 bits per heavy atom. The van der Waals surface area contributed by atoms with Crippen molar-refractivity contribution in [3.05, 3.63) is 5.51 Å². The molecule has 92 valence electrons. The Bertz CT molecular complexity index is 411. The molecule has 1 amide bonds. The lowest BCUT2D eigenvalue weighted by Gasteiger charge is -2.23. The fraction of sp³-hybridized carbons (Fsp3) is 0.750. The SMILES string of the molecule is CN(C(=O)C1CC12CCCCC2)c1nncs1. The molecule has 3 rings (SSSR count). The number of hydrogen-bond acceptors (Lipinski definition) is 4. The van der Waals surface area contributed by atoms with Gasteiger partial charge in [-0.2, -0.15) is 0 Å². The lowest BCUT2D eigenvalue weighted by atomic mass is 9.84. The van der Waals surface area contributed by atoms with E-state index >= 15 is 0 Å². The van der Waals surface area contributed by atoms with E-state index in [0.717, 1.165) is 6.42 Å². The first kappa shape index (κ1) is 11.1. The van der Waals surface area contributed by atoms with Crippen LogP contribution in [0.5, 0.6) is 0 Å². The van der Waals surface area contributed by atoms with Crippen molar-refractivity contribution in [2.45, 2.75) is 38.5 Å². The molecule has 0 bridgehead atoms. The van der Waals surface area contributed by atoms with E-state index in [1.807, 2.05) is 7.05 Å². The smallest absolute Gasteiger partial charge is 0.232 e. The summed E-state index contributed by atoms with van der Waals surface area (Å²) in [5.74, 6) is 0.486. The minimum absolute atomic E-state index is 0.239. The fourth-order valence-corrected chi connectivity index (χ4v) is 3.68. The van der Waals surface area contributed by atoms with Gasteiger partial charge in [-0.1, -0.05) is 30.6 Å². The number of nitrogens with zero attached hydrogens (tertiary/aromatic N) is 3. The Morgan fingerprint density at radius 1 is 1.47 bits per heavy atom. The maximum atomic E-state index is 12.3. The van der Waals surface area contributed by atoms with Crippen molar-refractivity contribution in [2.75, 3.05) is 11.9 Å². The van der Waals surface area contributed by atoms with E-state index in [4.69, 9.17) is 0 Å². The molecular weight excluding hydrogens is 234 g/mol. The molecule has 1 heterocycles. The minimum atomic E-state index is 0.239. The van der Waals surface area contributed by atoms with Crippen LogP contribution in [-0.2, 0) is 4.79 Å². The van der Waals surface area contributed by atoms with Gasteiger partial charge in [-0.25, -0.2) is 0 Å². The van der Waals surface area contributed by atoms with Gasteiger partial charge >= 0.3 is 0 Å². The summed E-state index contributed by atoms with van der Waals surface area (Å²) in [6, 6.07) is 0. The lowest BCUT2D eigenvalue weighted by molar-refractivity contribution is -0.120. The summed E-state index contributed by atoms with van der Waals surface area (Å²) in [4.78, 5) is 14.0. The van der Waals surface area contributed by atoms with Crippen LogP contribution in [0.15, 0.2) is 5.51 Å². The van der Waals surface area contributed by atoms with Gasteiger partial charge in [0.15, 0.2) is 0 Å². The standard InChI is InChI=1S/C12H17N3OS/c1-15(11-14-13-8-17-11)10(16)9-7-12(9)5-3-2-4-6-12/h8-9H,2-7H2,1H3. The second-order valence-corrected chi connectivity index (χ2v) is 6.11. The topological polar surface area (TPSA) is 46.1 Å². The average Bonchev–Trinajstić information content (AvgIpc) is 2.83. The molecule has 0 N–H and O–H groups in total. The molecule has 1 unspecified atom stereocenters. The predicted octanol–water partition coefficient (Wildman–Crippen LogP) is 2.47. The Labute approximate surface area is 105 Å². The molecule has 2 saturated carbocycles. The number of amides is 1. The van der Waals surface area contributed by atoms with Crippen LogP contribution in [0, 0.1) is 11.3 Å². The third kappa shape index (κ3) is 1.86. The molecule has 0 saturated heterocycles. The zero-order valence-corrected chi connectivity index (χ0v) is 10.9. The Hall–Kier alpha value is -0.970. The van der Waals surface area contributed by atoms with E-state index in [0.29, 0.717) is 10.5 Å². The fourth-order valence-electron chi connectivity index (χ4n) is 3.15. The zero-order chi connectivity index (χ0) is 11.9. The first-order valence-electron chi connectivity index (χ1n) is 6.27. The summed E-state index contributed by atoms with van der Waals surface area (Å²) in [7, 11) is 1.82. The van der Waals surface area contributed by atoms with Crippen molar-refractivity contribution in [2.24, 2.45) is 11.3 Å². The Morgan fingerprint density at radius 3 is 2.88 bits per heavy atom. The number of carbonyl (C=O) groups excluding carboxylic acids is 1. The highest BCUT2D eigenvalue weighted by molar-refractivity contribution is 7.13. The number of anilines is 1. The zero-order valence-electron chi connectivity index (χ0n) is 10.1. The van der Waals surface area contributed by atoms with Crippen molar-refractivity contribution >= 4 is 22.4 Å². The molecule has 2 aliphatic carbocycles. The molecule has 5 heteroatoms. The van der Waals surface area contributed by atoms with Crippen molar-refractivity contribution in [1.29, 1.82) is 0 Å². The van der Waals surface area contributed by atoms with Crippen molar-refractivity contribution in [3.63, 3.8) is 0 Å². The van der Waals surface area contributed by atoms with Gasteiger partial charge in [0.05, 0.1) is 0 Å². The van der Waals surface area contributed by atoms with Gasteiger partial charge in [-0.15, -0.1) is 10.2 Å². The number of rotatable bonds is 2. The molecule has 1 atom stereocenters. The predicted molar refractivity (Wildman–Crippen MR) is 66.9 cm³/mol. The van der Waals surface area contributed by atoms with E-state index in [1.54, 1.807) is 10.4 Å². The molecule has 2 aliphatic rings. The molecule has 0 aromatic carbocycles. The third-order valence-corrected chi connectivity index (χ3v) is 5.07. The normalized spacial score (nSPS) is 25.8. The van der Waals surface area contributed by atoms with E-state index in [1.165, 1.54) is 43.4 Å². The second kappa shape index (κ2) is 4.05. The summed E-state index contributed by atoms with van der Waals surface area (Å²) < 4.78 is 0. The van der Waals surface area contributed by atoms with Crippen LogP contribution >= 0.6 is 11.3 Å². The summed E-state index contributed by atoms with van der Waals surface area (Å²) in [5, 5.41) is 8.45. The van der Waals surface area contributed by atoms with E-state index < -0.39 is 0 Å². The third-order valence-electron chi connectivity index (χ3n) is 4.30. The van der Waals surface area contributed by atoms with Crippen LogP contribution in [0.25, 0.3) is 0 Å². The molecular formula is C12H17N3OS. The van der Waals surface area contributed by atoms with Gasteiger partial charge < -0.3 is 0 Å². The summed E-state index contributed by atoms with van der Waals surface area (Å²) in [5.41, 5.74) is 2.02. The number of hydrogen-bond donors (Lipinski definition) is 0. The van der Waals surface area contributed by atoms with E-state index in [9.17, 15) is 4.79 Å². The van der Waals surface area contributed by atoms with Crippen LogP contribution in [0.3, 0.4) is 0 Å². The molecule has 1 spiro atoms. The minimum Gasteiger partial charge on any atom is -0.290 e. The van der Waals surface area contributed by atoms with Crippen LogP contribution < -0.4 is 4.90 Å². The van der Waals surface area contributed by atoms with Crippen LogP contribution in [0.4, 0.5) is 5.13 Å². The van der Waals surface area contributed by atoms with Gasteiger partial charge in [-0.05, 0) is 24.7 Å². The van der Waals surface area contributed by atoms with E-state index in [2.05, 4.69) is 10.2 Å². The summed E-state index contributed by atoms with van der Waals surface area (Å²) >= 11 is 1.42. The Kier molecular flexibility index (Phi) is 2.65. The highest BCUT2D eigenvalue weighted by atomic mass is 32.1. The first-order chi connectivity index (χ1) is 8.23. The highest BCUT2D eigenvalue weighted by Crippen LogP contribution is 2.61. The highest BCUT2D eigenvalue weighted by Gasteiger charge is 2.58.